The number of rotatable bonds is 2. The molecule has 1 aromatic rings. The highest BCUT2D eigenvalue weighted by Gasteiger charge is 2.31. The summed E-state index contributed by atoms with van der Waals surface area (Å²) < 4.78 is 0. The lowest BCUT2D eigenvalue weighted by atomic mass is 9.75. The zero-order valence-corrected chi connectivity index (χ0v) is 13.7. The van der Waals surface area contributed by atoms with E-state index in [4.69, 9.17) is 0 Å². The van der Waals surface area contributed by atoms with Crippen molar-refractivity contribution in [3.63, 3.8) is 0 Å². The molecule has 2 rings (SSSR count). The third-order valence-electron chi connectivity index (χ3n) is 4.56. The SMILES string of the molecule is Cc1cc(C)c(C(=O)O)c(N2CCC(C(C)(C)C)CC2)n1. The molecule has 116 valence electrons. The molecule has 1 aliphatic rings. The molecule has 0 amide bonds. The van der Waals surface area contributed by atoms with Crippen LogP contribution in [0.15, 0.2) is 6.07 Å². The second-order valence-electron chi connectivity index (χ2n) is 7.21. The number of aromatic carboxylic acids is 1. The van der Waals surface area contributed by atoms with Crippen LogP contribution >= 0.6 is 0 Å². The number of pyridine rings is 1. The van der Waals surface area contributed by atoms with Crippen molar-refractivity contribution in [1.29, 1.82) is 0 Å². The first kappa shape index (κ1) is 15.8. The summed E-state index contributed by atoms with van der Waals surface area (Å²) in [5.74, 6) is 0.452. The van der Waals surface area contributed by atoms with Crippen LogP contribution in [-0.2, 0) is 0 Å². The molecule has 0 radical (unpaired) electrons. The largest absolute Gasteiger partial charge is 0.478 e. The predicted molar refractivity (Wildman–Crippen MR) is 85.1 cm³/mol. The Morgan fingerprint density at radius 3 is 2.33 bits per heavy atom. The van der Waals surface area contributed by atoms with Crippen molar-refractivity contribution in [2.24, 2.45) is 11.3 Å². The van der Waals surface area contributed by atoms with Crippen LogP contribution in [0.3, 0.4) is 0 Å². The van der Waals surface area contributed by atoms with Crippen LogP contribution in [0, 0.1) is 25.2 Å². The van der Waals surface area contributed by atoms with Crippen molar-refractivity contribution in [2.45, 2.75) is 47.5 Å². The van der Waals surface area contributed by atoms with E-state index < -0.39 is 5.97 Å². The Balaban J connectivity index is 2.26. The van der Waals surface area contributed by atoms with Gasteiger partial charge in [-0.25, -0.2) is 9.78 Å². The minimum absolute atomic E-state index is 0.317. The molecule has 0 aromatic carbocycles. The Kier molecular flexibility index (Phi) is 4.26. The van der Waals surface area contributed by atoms with Crippen molar-refractivity contribution in [2.75, 3.05) is 18.0 Å². The molecule has 1 aliphatic heterocycles. The first-order chi connectivity index (χ1) is 9.70. The van der Waals surface area contributed by atoms with Gasteiger partial charge in [0.05, 0.1) is 0 Å². The number of hydrogen-bond donors (Lipinski definition) is 1. The molecule has 0 aliphatic carbocycles. The summed E-state index contributed by atoms with van der Waals surface area (Å²) in [6, 6.07) is 1.84. The molecule has 0 unspecified atom stereocenters. The molecule has 1 aromatic heterocycles. The van der Waals surface area contributed by atoms with Crippen LogP contribution in [0.5, 0.6) is 0 Å². The second kappa shape index (κ2) is 5.66. The summed E-state index contributed by atoms with van der Waals surface area (Å²) in [5, 5.41) is 9.48. The van der Waals surface area contributed by atoms with Gasteiger partial charge in [0, 0.05) is 18.8 Å². The topological polar surface area (TPSA) is 53.4 Å². The Morgan fingerprint density at radius 1 is 1.29 bits per heavy atom. The van der Waals surface area contributed by atoms with Gasteiger partial charge in [-0.05, 0) is 49.7 Å². The van der Waals surface area contributed by atoms with Crippen molar-refractivity contribution < 1.29 is 9.90 Å². The van der Waals surface area contributed by atoms with Gasteiger partial charge in [0.1, 0.15) is 11.4 Å². The van der Waals surface area contributed by atoms with E-state index in [0.717, 1.165) is 37.2 Å². The average Bonchev–Trinajstić information content (AvgIpc) is 2.36. The van der Waals surface area contributed by atoms with Crippen molar-refractivity contribution in [3.05, 3.63) is 22.9 Å². The fourth-order valence-electron chi connectivity index (χ4n) is 3.27. The van der Waals surface area contributed by atoms with E-state index in [2.05, 4.69) is 30.7 Å². The monoisotopic (exact) mass is 290 g/mol. The normalized spacial score (nSPS) is 17.1. The number of carboxylic acid groups (broad SMARTS) is 1. The van der Waals surface area contributed by atoms with Gasteiger partial charge in [0.25, 0.3) is 0 Å². The number of anilines is 1. The highest BCUT2D eigenvalue weighted by atomic mass is 16.4. The zero-order valence-electron chi connectivity index (χ0n) is 13.7. The molecule has 2 heterocycles. The number of aromatic nitrogens is 1. The average molecular weight is 290 g/mol. The summed E-state index contributed by atoms with van der Waals surface area (Å²) in [4.78, 5) is 18.2. The maximum Gasteiger partial charge on any atom is 0.339 e. The first-order valence-electron chi connectivity index (χ1n) is 7.66. The molecule has 0 spiro atoms. The van der Waals surface area contributed by atoms with Gasteiger partial charge in [-0.3, -0.25) is 0 Å². The molecule has 4 heteroatoms. The Bertz CT molecular complexity index is 538. The summed E-state index contributed by atoms with van der Waals surface area (Å²) >= 11 is 0. The molecular formula is C17H26N2O2. The van der Waals surface area contributed by atoms with E-state index in [1.807, 2.05) is 19.9 Å². The number of piperidine rings is 1. The Hall–Kier alpha value is -1.58. The molecule has 1 fully saturated rings. The van der Waals surface area contributed by atoms with E-state index in [1.54, 1.807) is 0 Å². The maximum absolute atomic E-state index is 11.6. The van der Waals surface area contributed by atoms with Gasteiger partial charge in [-0.1, -0.05) is 20.8 Å². The first-order valence-corrected chi connectivity index (χ1v) is 7.66. The fraction of sp³-hybridized carbons (Fsp3) is 0.647. The lowest BCUT2D eigenvalue weighted by molar-refractivity contribution is 0.0696. The standard InChI is InChI=1S/C17H26N2O2/c1-11-10-12(2)18-15(14(11)16(20)21)19-8-6-13(7-9-19)17(3,4)5/h10,13H,6-9H2,1-5H3,(H,20,21). The van der Waals surface area contributed by atoms with Crippen molar-refractivity contribution >= 4 is 11.8 Å². The number of nitrogens with zero attached hydrogens (tertiary/aromatic N) is 2. The lowest BCUT2D eigenvalue weighted by Gasteiger charge is -2.39. The Labute approximate surface area is 127 Å². The van der Waals surface area contributed by atoms with Gasteiger partial charge >= 0.3 is 5.97 Å². The van der Waals surface area contributed by atoms with Crippen LogP contribution in [0.2, 0.25) is 0 Å². The molecule has 1 N–H and O–H groups in total. The Morgan fingerprint density at radius 2 is 1.86 bits per heavy atom. The van der Waals surface area contributed by atoms with Gasteiger partial charge < -0.3 is 10.0 Å². The third kappa shape index (κ3) is 3.36. The van der Waals surface area contributed by atoms with Crippen LogP contribution in [0.25, 0.3) is 0 Å². The van der Waals surface area contributed by atoms with Crippen molar-refractivity contribution in [1.82, 2.24) is 4.98 Å². The number of hydrogen-bond acceptors (Lipinski definition) is 3. The minimum Gasteiger partial charge on any atom is -0.478 e. The van der Waals surface area contributed by atoms with E-state index in [1.165, 1.54) is 0 Å². The fourth-order valence-corrected chi connectivity index (χ4v) is 3.27. The van der Waals surface area contributed by atoms with Crippen LogP contribution in [-0.4, -0.2) is 29.1 Å². The smallest absolute Gasteiger partial charge is 0.339 e. The molecule has 0 saturated carbocycles. The molecule has 0 bridgehead atoms. The number of aryl methyl sites for hydroxylation is 2. The third-order valence-corrected chi connectivity index (χ3v) is 4.56. The van der Waals surface area contributed by atoms with E-state index >= 15 is 0 Å². The second-order valence-corrected chi connectivity index (χ2v) is 7.21. The van der Waals surface area contributed by atoms with E-state index in [-0.39, 0.29) is 0 Å². The van der Waals surface area contributed by atoms with Gasteiger partial charge in [0.2, 0.25) is 0 Å². The summed E-state index contributed by atoms with van der Waals surface area (Å²) in [6.07, 6.45) is 2.19. The highest BCUT2D eigenvalue weighted by Crippen LogP contribution is 2.36. The summed E-state index contributed by atoms with van der Waals surface area (Å²) in [7, 11) is 0. The predicted octanol–water partition coefficient (Wildman–Crippen LogP) is 3.66. The zero-order chi connectivity index (χ0) is 15.8. The van der Waals surface area contributed by atoms with Crippen LogP contribution in [0.1, 0.15) is 55.2 Å². The molecule has 21 heavy (non-hydrogen) atoms. The van der Waals surface area contributed by atoms with Gasteiger partial charge in [0.15, 0.2) is 0 Å². The van der Waals surface area contributed by atoms with Crippen LogP contribution in [0.4, 0.5) is 5.82 Å². The lowest BCUT2D eigenvalue weighted by Crippen LogP contribution is -2.39. The van der Waals surface area contributed by atoms with Crippen LogP contribution < -0.4 is 4.90 Å². The van der Waals surface area contributed by atoms with E-state index in [9.17, 15) is 9.90 Å². The summed E-state index contributed by atoms with van der Waals surface area (Å²) in [5.41, 5.74) is 2.35. The van der Waals surface area contributed by atoms with Gasteiger partial charge in [-0.15, -0.1) is 0 Å². The number of carboxylic acids is 1. The van der Waals surface area contributed by atoms with Gasteiger partial charge in [-0.2, -0.15) is 0 Å². The molecule has 0 atom stereocenters. The quantitative estimate of drug-likeness (QED) is 0.903. The summed E-state index contributed by atoms with van der Waals surface area (Å²) in [6.45, 7) is 12.4. The maximum atomic E-state index is 11.6. The minimum atomic E-state index is -0.882. The number of carbonyl (C=O) groups is 1. The highest BCUT2D eigenvalue weighted by molar-refractivity contribution is 5.95. The van der Waals surface area contributed by atoms with Crippen molar-refractivity contribution in [3.8, 4) is 0 Å². The molecular weight excluding hydrogens is 264 g/mol. The van der Waals surface area contributed by atoms with E-state index in [0.29, 0.717) is 22.7 Å². The molecule has 4 nitrogen and oxygen atoms in total. The molecule has 1 saturated heterocycles.